The fourth-order valence-corrected chi connectivity index (χ4v) is 3.38. The van der Waals surface area contributed by atoms with Crippen LogP contribution >= 0.6 is 27.5 Å². The fourth-order valence-electron chi connectivity index (χ4n) is 2.66. The van der Waals surface area contributed by atoms with Crippen molar-refractivity contribution in [3.8, 4) is 0 Å². The Kier molecular flexibility index (Phi) is 5.47. The molecule has 2 aromatic rings. The van der Waals surface area contributed by atoms with Crippen LogP contribution in [0, 0.1) is 13.8 Å². The average Bonchev–Trinajstić information content (AvgIpc) is 2.65. The zero-order valence-electron chi connectivity index (χ0n) is 12.9. The molecular weight excluding hydrogens is 350 g/mol. The molecule has 2 rings (SSSR count). The molecule has 114 valence electrons. The van der Waals surface area contributed by atoms with E-state index in [-0.39, 0.29) is 6.04 Å². The van der Waals surface area contributed by atoms with Crippen molar-refractivity contribution in [3.05, 3.63) is 50.2 Å². The van der Waals surface area contributed by atoms with Crippen molar-refractivity contribution in [3.63, 3.8) is 0 Å². The van der Waals surface area contributed by atoms with Crippen molar-refractivity contribution < 1.29 is 0 Å². The van der Waals surface area contributed by atoms with Gasteiger partial charge in [-0.15, -0.1) is 0 Å². The normalized spacial score (nSPS) is 12.7. The molecule has 0 aliphatic heterocycles. The lowest BCUT2D eigenvalue weighted by Crippen LogP contribution is -2.24. The highest BCUT2D eigenvalue weighted by atomic mass is 79.9. The molecule has 0 fully saturated rings. The molecule has 5 heteroatoms. The summed E-state index contributed by atoms with van der Waals surface area (Å²) in [5.74, 6) is 0. The summed E-state index contributed by atoms with van der Waals surface area (Å²) in [5, 5.41) is 8.73. The van der Waals surface area contributed by atoms with E-state index in [2.05, 4.69) is 58.4 Å². The molecule has 0 radical (unpaired) electrons. The Balaban J connectivity index is 2.35. The van der Waals surface area contributed by atoms with Crippen molar-refractivity contribution >= 4 is 27.5 Å². The Morgan fingerprint density at radius 3 is 2.62 bits per heavy atom. The second-order valence-electron chi connectivity index (χ2n) is 5.28. The first-order valence-corrected chi connectivity index (χ1v) is 8.28. The minimum absolute atomic E-state index is 0.232. The van der Waals surface area contributed by atoms with Crippen LogP contribution in [0.2, 0.25) is 5.02 Å². The standard InChI is InChI=1S/C16H21BrClN3/c1-5-19-14(13-7-6-12(17)8-10(13)2)9-15-16(18)11(3)20-21(15)4/h6-8,14,19H,5,9H2,1-4H3. The molecule has 0 aliphatic rings. The highest BCUT2D eigenvalue weighted by Crippen LogP contribution is 2.28. The summed E-state index contributed by atoms with van der Waals surface area (Å²) in [4.78, 5) is 0. The molecule has 1 heterocycles. The van der Waals surface area contributed by atoms with E-state index in [1.807, 2.05) is 18.7 Å². The van der Waals surface area contributed by atoms with Gasteiger partial charge in [-0.2, -0.15) is 5.10 Å². The summed E-state index contributed by atoms with van der Waals surface area (Å²) in [6, 6.07) is 6.64. The Labute approximate surface area is 139 Å². The average molecular weight is 371 g/mol. The lowest BCUT2D eigenvalue weighted by Gasteiger charge is -2.21. The molecule has 1 N–H and O–H groups in total. The van der Waals surface area contributed by atoms with Crippen LogP contribution in [0.3, 0.4) is 0 Å². The molecule has 0 saturated heterocycles. The summed E-state index contributed by atoms with van der Waals surface area (Å²) in [5.41, 5.74) is 4.53. The third kappa shape index (κ3) is 3.68. The summed E-state index contributed by atoms with van der Waals surface area (Å²) < 4.78 is 2.99. The van der Waals surface area contributed by atoms with E-state index in [1.54, 1.807) is 0 Å². The number of aromatic nitrogens is 2. The van der Waals surface area contributed by atoms with E-state index in [0.29, 0.717) is 0 Å². The van der Waals surface area contributed by atoms with Gasteiger partial charge in [0.15, 0.2) is 0 Å². The van der Waals surface area contributed by atoms with Gasteiger partial charge in [0.25, 0.3) is 0 Å². The molecule has 1 unspecified atom stereocenters. The van der Waals surface area contributed by atoms with Gasteiger partial charge in [-0.1, -0.05) is 40.5 Å². The number of benzene rings is 1. The van der Waals surface area contributed by atoms with Gasteiger partial charge in [0.2, 0.25) is 0 Å². The van der Waals surface area contributed by atoms with Crippen LogP contribution in [0.15, 0.2) is 22.7 Å². The number of aryl methyl sites for hydroxylation is 3. The smallest absolute Gasteiger partial charge is 0.0847 e. The lowest BCUT2D eigenvalue weighted by molar-refractivity contribution is 0.526. The molecule has 1 aromatic heterocycles. The molecule has 1 aromatic carbocycles. The van der Waals surface area contributed by atoms with Crippen LogP contribution in [-0.2, 0) is 13.5 Å². The van der Waals surface area contributed by atoms with Gasteiger partial charge in [0.1, 0.15) is 0 Å². The van der Waals surface area contributed by atoms with Crippen molar-refractivity contribution in [2.75, 3.05) is 6.54 Å². The minimum Gasteiger partial charge on any atom is -0.310 e. The Bertz CT molecular complexity index is 637. The Hall–Kier alpha value is -0.840. The molecule has 0 amide bonds. The number of halogens is 2. The predicted molar refractivity (Wildman–Crippen MR) is 92.0 cm³/mol. The van der Waals surface area contributed by atoms with Gasteiger partial charge in [-0.3, -0.25) is 4.68 Å². The molecule has 0 saturated carbocycles. The number of hydrogen-bond acceptors (Lipinski definition) is 2. The molecule has 1 atom stereocenters. The molecule has 0 spiro atoms. The summed E-state index contributed by atoms with van der Waals surface area (Å²) >= 11 is 9.91. The van der Waals surface area contributed by atoms with Gasteiger partial charge >= 0.3 is 0 Å². The topological polar surface area (TPSA) is 29.9 Å². The predicted octanol–water partition coefficient (Wildman–Crippen LogP) is 4.35. The molecular formula is C16H21BrClN3. The summed E-state index contributed by atoms with van der Waals surface area (Å²) in [7, 11) is 1.95. The number of likely N-dealkylation sites (N-methyl/N-ethyl adjacent to an activating group) is 1. The number of hydrogen-bond donors (Lipinski definition) is 1. The van der Waals surface area contributed by atoms with Crippen molar-refractivity contribution in [2.24, 2.45) is 7.05 Å². The Morgan fingerprint density at radius 2 is 2.10 bits per heavy atom. The second-order valence-corrected chi connectivity index (χ2v) is 6.58. The highest BCUT2D eigenvalue weighted by Gasteiger charge is 2.19. The van der Waals surface area contributed by atoms with Crippen LogP contribution < -0.4 is 5.32 Å². The molecule has 0 bridgehead atoms. The van der Waals surface area contributed by atoms with Crippen LogP contribution in [0.4, 0.5) is 0 Å². The zero-order valence-corrected chi connectivity index (χ0v) is 15.2. The summed E-state index contributed by atoms with van der Waals surface area (Å²) in [6.45, 7) is 7.12. The van der Waals surface area contributed by atoms with Crippen LogP contribution in [0.25, 0.3) is 0 Å². The largest absolute Gasteiger partial charge is 0.310 e. The van der Waals surface area contributed by atoms with Gasteiger partial charge < -0.3 is 5.32 Å². The first kappa shape index (κ1) is 16.5. The van der Waals surface area contributed by atoms with Crippen LogP contribution in [0.5, 0.6) is 0 Å². The first-order valence-electron chi connectivity index (χ1n) is 7.11. The van der Waals surface area contributed by atoms with Crippen molar-refractivity contribution in [2.45, 2.75) is 33.2 Å². The van der Waals surface area contributed by atoms with Crippen molar-refractivity contribution in [1.82, 2.24) is 15.1 Å². The first-order chi connectivity index (χ1) is 9.93. The van der Waals surface area contributed by atoms with Crippen LogP contribution in [0.1, 0.15) is 35.5 Å². The number of nitrogens with one attached hydrogen (secondary N) is 1. The third-order valence-electron chi connectivity index (χ3n) is 3.72. The highest BCUT2D eigenvalue weighted by molar-refractivity contribution is 9.10. The molecule has 0 aliphatic carbocycles. The van der Waals surface area contributed by atoms with Gasteiger partial charge in [-0.25, -0.2) is 0 Å². The number of rotatable bonds is 5. The maximum absolute atomic E-state index is 6.39. The molecule has 21 heavy (non-hydrogen) atoms. The van der Waals surface area contributed by atoms with Gasteiger partial charge in [0.05, 0.1) is 16.4 Å². The van der Waals surface area contributed by atoms with E-state index in [0.717, 1.165) is 33.8 Å². The SMILES string of the molecule is CCNC(Cc1c(Cl)c(C)nn1C)c1ccc(Br)cc1C. The minimum atomic E-state index is 0.232. The van der Waals surface area contributed by atoms with Crippen LogP contribution in [-0.4, -0.2) is 16.3 Å². The van der Waals surface area contributed by atoms with E-state index in [9.17, 15) is 0 Å². The van der Waals surface area contributed by atoms with E-state index >= 15 is 0 Å². The van der Waals surface area contributed by atoms with E-state index in [1.165, 1.54) is 11.1 Å². The third-order valence-corrected chi connectivity index (χ3v) is 4.70. The maximum atomic E-state index is 6.39. The van der Waals surface area contributed by atoms with E-state index < -0.39 is 0 Å². The summed E-state index contributed by atoms with van der Waals surface area (Å²) in [6.07, 6.45) is 0.826. The fraction of sp³-hybridized carbons (Fsp3) is 0.438. The monoisotopic (exact) mass is 369 g/mol. The zero-order chi connectivity index (χ0) is 15.6. The van der Waals surface area contributed by atoms with Crippen molar-refractivity contribution in [1.29, 1.82) is 0 Å². The number of nitrogens with zero attached hydrogens (tertiary/aromatic N) is 2. The lowest BCUT2D eigenvalue weighted by atomic mass is 9.97. The van der Waals surface area contributed by atoms with Gasteiger partial charge in [-0.05, 0) is 43.7 Å². The van der Waals surface area contributed by atoms with E-state index in [4.69, 9.17) is 11.6 Å². The van der Waals surface area contributed by atoms with Gasteiger partial charge in [0, 0.05) is 24.0 Å². The molecule has 3 nitrogen and oxygen atoms in total. The Morgan fingerprint density at radius 1 is 1.38 bits per heavy atom. The maximum Gasteiger partial charge on any atom is 0.0847 e. The quantitative estimate of drug-likeness (QED) is 0.848. The second kappa shape index (κ2) is 6.95.